The molecule has 0 aliphatic rings. The van der Waals surface area contributed by atoms with Crippen molar-refractivity contribution in [1.82, 2.24) is 29.5 Å². The van der Waals surface area contributed by atoms with Crippen molar-refractivity contribution in [3.8, 4) is 28.5 Å². The number of benzene rings is 6. The molecular formula is C49H30N6O2P2Pd2. The standard InChI is InChI=1S/C49H30N6O2P2.2Pd/c56-58(37-15-3-1-4-16-37,39-19-11-13-35(29-39)45-21-7-9-27-51-45)41-23-25-43-44-26-24-42(32-48(44)55(47(43)31-41)49-53-33-50-34-54-49)59(57,38-17-5-2-6-18-38)40-20-12-14-36(30-40)46-22-8-10-28-52-46;;/h1-28,33-34H;;/q-4;2*+2. The second-order valence-corrected chi connectivity index (χ2v) is 19.1. The zero-order valence-corrected chi connectivity index (χ0v) is 36.7. The summed E-state index contributed by atoms with van der Waals surface area (Å²) in [5, 5.41) is 4.86. The Morgan fingerprint density at radius 2 is 0.836 bits per heavy atom. The van der Waals surface area contributed by atoms with Gasteiger partial charge in [-0.3, -0.25) is 0 Å². The van der Waals surface area contributed by atoms with E-state index in [1.807, 2.05) is 162 Å². The fourth-order valence-corrected chi connectivity index (χ4v) is 12.5. The van der Waals surface area contributed by atoms with Crippen LogP contribution in [0, 0.1) is 24.3 Å². The van der Waals surface area contributed by atoms with E-state index < -0.39 is 14.3 Å². The topological polar surface area (TPSA) is 104 Å². The van der Waals surface area contributed by atoms with E-state index in [1.54, 1.807) is 12.4 Å². The van der Waals surface area contributed by atoms with Crippen molar-refractivity contribution in [2.45, 2.75) is 0 Å². The molecule has 0 saturated heterocycles. The molecule has 0 bridgehead atoms. The third-order valence-corrected chi connectivity index (χ3v) is 16.1. The van der Waals surface area contributed by atoms with Crippen molar-refractivity contribution < 1.29 is 50.0 Å². The summed E-state index contributed by atoms with van der Waals surface area (Å²) in [6.45, 7) is 0. The minimum Gasteiger partial charge on any atom is -0.328 e. The first-order valence-corrected chi connectivity index (χ1v) is 22.2. The fourth-order valence-electron chi connectivity index (χ4n) is 7.47. The summed E-state index contributed by atoms with van der Waals surface area (Å²) < 4.78 is 33.7. The van der Waals surface area contributed by atoms with Gasteiger partial charge in [-0.25, -0.2) is 15.0 Å². The van der Waals surface area contributed by atoms with Gasteiger partial charge in [0.15, 0.2) is 0 Å². The number of pyridine rings is 2. The van der Waals surface area contributed by atoms with Crippen LogP contribution < -0.4 is 31.8 Å². The molecule has 2 unspecified atom stereocenters. The molecule has 0 radical (unpaired) electrons. The Hall–Kier alpha value is -5.79. The van der Waals surface area contributed by atoms with Crippen molar-refractivity contribution in [1.29, 1.82) is 0 Å². The third-order valence-electron chi connectivity index (χ3n) is 10.3. The molecule has 0 fully saturated rings. The molecular weight excluding hydrogens is 979 g/mol. The van der Waals surface area contributed by atoms with Crippen LogP contribution in [-0.4, -0.2) is 29.5 Å². The first-order chi connectivity index (χ1) is 29.0. The van der Waals surface area contributed by atoms with Gasteiger partial charge >= 0.3 is 40.8 Å². The van der Waals surface area contributed by atoms with E-state index in [2.05, 4.69) is 49.2 Å². The maximum absolute atomic E-state index is 16.0. The summed E-state index contributed by atoms with van der Waals surface area (Å²) in [4.78, 5) is 22.3. The Balaban J connectivity index is 0.00000257. The Morgan fingerprint density at radius 3 is 1.26 bits per heavy atom. The first-order valence-electron chi connectivity index (χ1n) is 18.8. The molecule has 4 heterocycles. The Kier molecular flexibility index (Phi) is 12.1. The average molecular weight is 1010 g/mol. The molecule has 298 valence electrons. The van der Waals surface area contributed by atoms with Crippen LogP contribution in [0.15, 0.2) is 183 Å². The zero-order valence-electron chi connectivity index (χ0n) is 31.8. The van der Waals surface area contributed by atoms with Crippen LogP contribution in [-0.2, 0) is 50.0 Å². The van der Waals surface area contributed by atoms with E-state index in [-0.39, 0.29) is 40.8 Å². The maximum Gasteiger partial charge on any atom is 2.00 e. The summed E-state index contributed by atoms with van der Waals surface area (Å²) >= 11 is 0. The Labute approximate surface area is 380 Å². The molecule has 10 aromatic rings. The molecule has 0 amide bonds. The van der Waals surface area contributed by atoms with Gasteiger partial charge in [0.2, 0.25) is 5.95 Å². The van der Waals surface area contributed by atoms with Crippen LogP contribution in [0.3, 0.4) is 0 Å². The molecule has 2 atom stereocenters. The van der Waals surface area contributed by atoms with E-state index >= 15 is 9.13 Å². The second-order valence-electron chi connectivity index (χ2n) is 13.7. The van der Waals surface area contributed by atoms with Crippen LogP contribution in [0.1, 0.15) is 0 Å². The number of hydrogen-bond donors (Lipinski definition) is 0. The number of hydrogen-bond acceptors (Lipinski definition) is 7. The van der Waals surface area contributed by atoms with Gasteiger partial charge in [-0.1, -0.05) is 117 Å². The minimum atomic E-state index is -3.60. The summed E-state index contributed by atoms with van der Waals surface area (Å²) in [6, 6.07) is 63.3. The molecule has 6 aromatic carbocycles. The molecule has 8 nitrogen and oxygen atoms in total. The predicted octanol–water partition coefficient (Wildman–Crippen LogP) is 7.57. The maximum atomic E-state index is 16.0. The van der Waals surface area contributed by atoms with Crippen LogP contribution in [0.5, 0.6) is 0 Å². The minimum absolute atomic E-state index is 0. The Morgan fingerprint density at radius 1 is 0.410 bits per heavy atom. The van der Waals surface area contributed by atoms with E-state index in [1.165, 1.54) is 12.7 Å². The SMILES string of the molecule is O=P(c1[c-]c(-c2ccccn2)ccc1)(c1[c-]c2c(cc1)c1ccc(P(=O)(c3[c-]c(-c4ccccn4)ccc3)c3ccccc3)[c-]c1n2-c1ncncn1)c1ccccc1.[Pd+2].[Pd+2]. The average Bonchev–Trinajstić information content (AvgIpc) is 3.65. The van der Waals surface area contributed by atoms with Gasteiger partial charge in [0.25, 0.3) is 0 Å². The van der Waals surface area contributed by atoms with E-state index in [0.717, 1.165) is 33.3 Å². The van der Waals surface area contributed by atoms with E-state index in [4.69, 9.17) is 0 Å². The quantitative estimate of drug-likeness (QED) is 0.0836. The van der Waals surface area contributed by atoms with Gasteiger partial charge in [-0.05, 0) is 23.5 Å². The van der Waals surface area contributed by atoms with Crippen molar-refractivity contribution in [3.63, 3.8) is 0 Å². The Bertz CT molecular complexity index is 3040. The van der Waals surface area contributed by atoms with E-state index in [0.29, 0.717) is 48.8 Å². The van der Waals surface area contributed by atoms with Gasteiger partial charge < -0.3 is 23.7 Å². The number of rotatable bonds is 9. The normalized spacial score (nSPS) is 13.0. The van der Waals surface area contributed by atoms with Gasteiger partial charge in [-0.2, -0.15) is 35.0 Å². The zero-order chi connectivity index (χ0) is 39.8. The predicted molar refractivity (Wildman–Crippen MR) is 235 cm³/mol. The molecule has 12 heteroatoms. The molecule has 4 aromatic heterocycles. The third kappa shape index (κ3) is 7.52. The van der Waals surface area contributed by atoms with Crippen molar-refractivity contribution in [3.05, 3.63) is 207 Å². The summed E-state index contributed by atoms with van der Waals surface area (Å²) in [5.74, 6) is 0.304. The van der Waals surface area contributed by atoms with Gasteiger partial charge in [-0.15, -0.1) is 71.8 Å². The molecule has 0 N–H and O–H groups in total. The van der Waals surface area contributed by atoms with Gasteiger partial charge in [0.1, 0.15) is 26.9 Å². The molecule has 10 rings (SSSR count). The summed E-state index contributed by atoms with van der Waals surface area (Å²) in [5.41, 5.74) is 4.06. The number of fused-ring (bicyclic) bond motifs is 3. The van der Waals surface area contributed by atoms with Crippen LogP contribution in [0.4, 0.5) is 0 Å². The molecule has 0 spiro atoms. The second kappa shape index (κ2) is 17.7. The van der Waals surface area contributed by atoms with Crippen molar-refractivity contribution in [2.75, 3.05) is 0 Å². The fraction of sp³-hybridized carbons (Fsp3) is 0. The van der Waals surface area contributed by atoms with Gasteiger partial charge in [0.05, 0.1) is 0 Å². The largest absolute Gasteiger partial charge is 2.00 e. The number of nitrogens with zero attached hydrogens (tertiary/aromatic N) is 6. The smallest absolute Gasteiger partial charge is 0.328 e. The van der Waals surface area contributed by atoms with Crippen molar-refractivity contribution in [2.24, 2.45) is 0 Å². The molecule has 0 aliphatic carbocycles. The van der Waals surface area contributed by atoms with Crippen LogP contribution in [0.2, 0.25) is 0 Å². The first kappa shape index (κ1) is 41.9. The van der Waals surface area contributed by atoms with Crippen molar-refractivity contribution >= 4 is 67.9 Å². The summed E-state index contributed by atoms with van der Waals surface area (Å²) in [6.07, 6.45) is 6.31. The molecule has 0 aliphatic heterocycles. The monoisotopic (exact) mass is 1010 g/mol. The number of aromatic nitrogens is 6. The van der Waals surface area contributed by atoms with Crippen LogP contribution in [0.25, 0.3) is 50.3 Å². The molecule has 61 heavy (non-hydrogen) atoms. The summed E-state index contributed by atoms with van der Waals surface area (Å²) in [7, 11) is -7.20. The van der Waals surface area contributed by atoms with Crippen LogP contribution >= 0.6 is 14.3 Å². The van der Waals surface area contributed by atoms with Gasteiger partial charge in [0, 0.05) is 23.0 Å². The molecule has 0 saturated carbocycles. The van der Waals surface area contributed by atoms with E-state index in [9.17, 15) is 0 Å².